The molecule has 0 saturated carbocycles. The van der Waals surface area contributed by atoms with Gasteiger partial charge in [0.2, 0.25) is 0 Å². The number of carbonyl (C=O) groups excluding carboxylic acids is 1. The minimum Gasteiger partial charge on any atom is -0.481 e. The lowest BCUT2D eigenvalue weighted by molar-refractivity contribution is -0.189. The zero-order valence-electron chi connectivity index (χ0n) is 13.3. The minimum atomic E-state index is -0.843. The number of aliphatic carboxylic acids is 1. The van der Waals surface area contributed by atoms with Crippen molar-refractivity contribution < 1.29 is 24.2 Å². The van der Waals surface area contributed by atoms with Crippen LogP contribution in [0.3, 0.4) is 0 Å². The zero-order valence-corrected chi connectivity index (χ0v) is 13.3. The molecule has 0 aromatic heterocycles. The van der Waals surface area contributed by atoms with Crippen LogP contribution in [0.25, 0.3) is 0 Å². The maximum absolute atomic E-state index is 12.3. The lowest BCUT2D eigenvalue weighted by Crippen LogP contribution is -2.60. The average molecular weight is 314 g/mol. The molecule has 2 fully saturated rings. The number of hydrogen-bond acceptors (Lipinski definition) is 4. The van der Waals surface area contributed by atoms with E-state index < -0.39 is 5.97 Å². The Hall–Kier alpha value is -1.34. The Balaban J connectivity index is 1.87. The summed E-state index contributed by atoms with van der Waals surface area (Å²) >= 11 is 0. The Labute approximate surface area is 130 Å². The van der Waals surface area contributed by atoms with E-state index in [1.165, 1.54) is 0 Å². The molecule has 2 heterocycles. The number of hydrogen-bond donors (Lipinski definition) is 2. The second-order valence-electron chi connectivity index (χ2n) is 6.36. The van der Waals surface area contributed by atoms with E-state index >= 15 is 0 Å². The predicted octanol–water partition coefficient (Wildman–Crippen LogP) is 1.22. The van der Waals surface area contributed by atoms with E-state index in [0.717, 1.165) is 12.8 Å². The Bertz CT molecular complexity index is 413. The summed E-state index contributed by atoms with van der Waals surface area (Å²) in [6.45, 7) is 6.16. The summed E-state index contributed by atoms with van der Waals surface area (Å²) in [5, 5.41) is 11.4. The Morgan fingerprint density at radius 1 is 1.36 bits per heavy atom. The molecule has 0 aromatic rings. The van der Waals surface area contributed by atoms with E-state index in [9.17, 15) is 9.59 Å². The van der Waals surface area contributed by atoms with Crippen molar-refractivity contribution in [3.8, 4) is 0 Å². The maximum Gasteiger partial charge on any atom is 0.317 e. The standard InChI is InChI=1S/C15H26N2O5/c1-11-8-15(5-7-21-11)10-17(9-12(2)22-15)14(20)16-6-3-4-13(18)19/h11-12H,3-10H2,1-2H3,(H,16,20)(H,18,19). The van der Waals surface area contributed by atoms with E-state index in [2.05, 4.69) is 5.32 Å². The Morgan fingerprint density at radius 2 is 2.14 bits per heavy atom. The first kappa shape index (κ1) is 17.0. The van der Waals surface area contributed by atoms with Crippen LogP contribution in [0.15, 0.2) is 0 Å². The van der Waals surface area contributed by atoms with Gasteiger partial charge in [-0.15, -0.1) is 0 Å². The van der Waals surface area contributed by atoms with Crippen LogP contribution < -0.4 is 5.32 Å². The fourth-order valence-corrected chi connectivity index (χ4v) is 3.31. The van der Waals surface area contributed by atoms with E-state index in [-0.39, 0.29) is 30.3 Å². The molecule has 22 heavy (non-hydrogen) atoms. The highest BCUT2D eigenvalue weighted by Gasteiger charge is 2.43. The van der Waals surface area contributed by atoms with Crippen molar-refractivity contribution >= 4 is 12.0 Å². The van der Waals surface area contributed by atoms with Crippen LogP contribution >= 0.6 is 0 Å². The maximum atomic E-state index is 12.3. The highest BCUT2D eigenvalue weighted by atomic mass is 16.5. The van der Waals surface area contributed by atoms with Crippen molar-refractivity contribution in [3.05, 3.63) is 0 Å². The molecule has 0 radical (unpaired) electrons. The van der Waals surface area contributed by atoms with Gasteiger partial charge in [0, 0.05) is 39.0 Å². The van der Waals surface area contributed by atoms with Gasteiger partial charge in [0.05, 0.1) is 24.4 Å². The zero-order chi connectivity index (χ0) is 16.2. The third-order valence-electron chi connectivity index (χ3n) is 4.16. The van der Waals surface area contributed by atoms with Gasteiger partial charge in [-0.2, -0.15) is 0 Å². The molecule has 2 N–H and O–H groups in total. The average Bonchev–Trinajstić information content (AvgIpc) is 2.42. The van der Waals surface area contributed by atoms with Crippen molar-refractivity contribution in [2.45, 2.75) is 57.3 Å². The molecule has 3 unspecified atom stereocenters. The van der Waals surface area contributed by atoms with Crippen LogP contribution in [0.4, 0.5) is 4.79 Å². The number of carboxylic acids is 1. The number of morpholine rings is 1. The van der Waals surface area contributed by atoms with E-state index in [4.69, 9.17) is 14.6 Å². The summed E-state index contributed by atoms with van der Waals surface area (Å²) in [6.07, 6.45) is 2.23. The molecule has 1 spiro atoms. The molecule has 3 atom stereocenters. The number of nitrogens with zero attached hydrogens (tertiary/aromatic N) is 1. The van der Waals surface area contributed by atoms with Crippen LogP contribution in [0.1, 0.15) is 39.5 Å². The smallest absolute Gasteiger partial charge is 0.317 e. The molecular weight excluding hydrogens is 288 g/mol. The third-order valence-corrected chi connectivity index (χ3v) is 4.16. The van der Waals surface area contributed by atoms with Gasteiger partial charge in [-0.25, -0.2) is 4.79 Å². The highest BCUT2D eigenvalue weighted by Crippen LogP contribution is 2.33. The number of carbonyl (C=O) groups is 2. The van der Waals surface area contributed by atoms with Crippen LogP contribution in [-0.4, -0.2) is 66.1 Å². The van der Waals surface area contributed by atoms with Crippen molar-refractivity contribution in [2.24, 2.45) is 0 Å². The molecular formula is C15H26N2O5. The third kappa shape index (κ3) is 4.58. The molecule has 7 nitrogen and oxygen atoms in total. The van der Waals surface area contributed by atoms with Crippen molar-refractivity contribution in [3.63, 3.8) is 0 Å². The number of nitrogens with one attached hydrogen (secondary N) is 1. The van der Waals surface area contributed by atoms with Gasteiger partial charge in [-0.1, -0.05) is 0 Å². The number of amides is 2. The van der Waals surface area contributed by atoms with Crippen LogP contribution in [-0.2, 0) is 14.3 Å². The first-order valence-electron chi connectivity index (χ1n) is 7.94. The summed E-state index contributed by atoms with van der Waals surface area (Å²) in [4.78, 5) is 24.5. The quantitative estimate of drug-likeness (QED) is 0.762. The van der Waals surface area contributed by atoms with Crippen molar-refractivity contribution in [1.29, 1.82) is 0 Å². The molecule has 0 aliphatic carbocycles. The molecule has 2 aliphatic rings. The molecule has 2 saturated heterocycles. The fourth-order valence-electron chi connectivity index (χ4n) is 3.31. The first-order valence-corrected chi connectivity index (χ1v) is 7.94. The van der Waals surface area contributed by atoms with Gasteiger partial charge < -0.3 is 24.8 Å². The summed E-state index contributed by atoms with van der Waals surface area (Å²) in [5.74, 6) is -0.843. The van der Waals surface area contributed by atoms with E-state index in [1.54, 1.807) is 4.90 Å². The Kier molecular flexibility index (Phi) is 5.63. The topological polar surface area (TPSA) is 88.1 Å². The van der Waals surface area contributed by atoms with Gasteiger partial charge in [-0.05, 0) is 20.3 Å². The monoisotopic (exact) mass is 314 g/mol. The lowest BCUT2D eigenvalue weighted by Gasteiger charge is -2.48. The minimum absolute atomic E-state index is 0.0104. The van der Waals surface area contributed by atoms with Gasteiger partial charge in [-0.3, -0.25) is 4.79 Å². The summed E-state index contributed by atoms with van der Waals surface area (Å²) in [7, 11) is 0. The van der Waals surface area contributed by atoms with E-state index in [1.807, 2.05) is 13.8 Å². The summed E-state index contributed by atoms with van der Waals surface area (Å²) in [5.41, 5.74) is -0.312. The number of carboxylic acid groups (broad SMARTS) is 1. The SMILES string of the molecule is CC1CC2(CCO1)CN(C(=O)NCCCC(=O)O)CC(C)O2. The van der Waals surface area contributed by atoms with Gasteiger partial charge in [0.15, 0.2) is 0 Å². The molecule has 0 aromatic carbocycles. The lowest BCUT2D eigenvalue weighted by atomic mass is 9.88. The molecule has 2 amide bonds. The van der Waals surface area contributed by atoms with Crippen molar-refractivity contribution in [1.82, 2.24) is 10.2 Å². The van der Waals surface area contributed by atoms with Crippen LogP contribution in [0.2, 0.25) is 0 Å². The number of rotatable bonds is 4. The van der Waals surface area contributed by atoms with Crippen LogP contribution in [0.5, 0.6) is 0 Å². The van der Waals surface area contributed by atoms with Gasteiger partial charge >= 0.3 is 12.0 Å². The number of ether oxygens (including phenoxy) is 2. The first-order chi connectivity index (χ1) is 10.4. The summed E-state index contributed by atoms with van der Waals surface area (Å²) in [6, 6.07) is -0.140. The van der Waals surface area contributed by atoms with Gasteiger partial charge in [0.1, 0.15) is 0 Å². The molecule has 0 bridgehead atoms. The Morgan fingerprint density at radius 3 is 2.82 bits per heavy atom. The van der Waals surface area contributed by atoms with Crippen LogP contribution in [0, 0.1) is 0 Å². The fraction of sp³-hybridized carbons (Fsp3) is 0.867. The second kappa shape index (κ2) is 7.28. The highest BCUT2D eigenvalue weighted by molar-refractivity contribution is 5.74. The van der Waals surface area contributed by atoms with Crippen molar-refractivity contribution in [2.75, 3.05) is 26.2 Å². The molecule has 2 rings (SSSR count). The predicted molar refractivity (Wildman–Crippen MR) is 79.8 cm³/mol. The molecule has 126 valence electrons. The summed E-state index contributed by atoms with van der Waals surface area (Å²) < 4.78 is 11.7. The second-order valence-corrected chi connectivity index (χ2v) is 6.36. The number of urea groups is 1. The van der Waals surface area contributed by atoms with Gasteiger partial charge in [0.25, 0.3) is 0 Å². The largest absolute Gasteiger partial charge is 0.481 e. The molecule has 2 aliphatic heterocycles. The molecule has 7 heteroatoms. The van der Waals surface area contributed by atoms with E-state index in [0.29, 0.717) is 32.7 Å². The normalized spacial score (nSPS) is 32.0.